The molecule has 5 heteroatoms. The number of amides is 1. The van der Waals surface area contributed by atoms with Gasteiger partial charge in [0.1, 0.15) is 0 Å². The Hall–Kier alpha value is -1.22. The van der Waals surface area contributed by atoms with Crippen molar-refractivity contribution in [2.45, 2.75) is 26.2 Å². The minimum atomic E-state index is 0.205. The molecule has 1 rings (SSSR count). The summed E-state index contributed by atoms with van der Waals surface area (Å²) >= 11 is 0. The number of carbonyl (C=O) groups excluding carboxylic acids is 1. The largest absolute Gasteiger partial charge is 0.342 e. The lowest BCUT2D eigenvalue weighted by Gasteiger charge is -2.15. The molecule has 0 aromatic carbocycles. The number of rotatable bonds is 5. The van der Waals surface area contributed by atoms with Crippen molar-refractivity contribution >= 4 is 5.91 Å². The third kappa shape index (κ3) is 2.92. The molecule has 0 aromatic rings. The highest BCUT2D eigenvalue weighted by molar-refractivity contribution is 5.78. The molecule has 1 aliphatic rings. The van der Waals surface area contributed by atoms with Gasteiger partial charge in [-0.2, -0.15) is 0 Å². The second-order valence-corrected chi connectivity index (χ2v) is 3.68. The van der Waals surface area contributed by atoms with E-state index < -0.39 is 0 Å². The van der Waals surface area contributed by atoms with Gasteiger partial charge in [0.15, 0.2) is 0 Å². The number of unbranched alkanes of at least 4 members (excludes halogenated alkanes) is 1. The summed E-state index contributed by atoms with van der Waals surface area (Å²) in [5.41, 5.74) is 8.16. The van der Waals surface area contributed by atoms with Gasteiger partial charge in [-0.25, -0.2) is 0 Å². The van der Waals surface area contributed by atoms with Crippen LogP contribution in [0.2, 0.25) is 0 Å². The SMILES string of the molecule is CCCCN1CC(CN=[N+]=[N-])CC1=O. The summed E-state index contributed by atoms with van der Waals surface area (Å²) in [7, 11) is 0. The Morgan fingerprint density at radius 1 is 1.71 bits per heavy atom. The normalized spacial score (nSPS) is 21.1. The van der Waals surface area contributed by atoms with Crippen LogP contribution in [0, 0.1) is 5.92 Å². The van der Waals surface area contributed by atoms with Gasteiger partial charge in [0, 0.05) is 31.0 Å². The van der Waals surface area contributed by atoms with Gasteiger partial charge >= 0.3 is 0 Å². The van der Waals surface area contributed by atoms with E-state index in [4.69, 9.17) is 5.53 Å². The molecule has 1 atom stereocenters. The Morgan fingerprint density at radius 2 is 2.50 bits per heavy atom. The maximum absolute atomic E-state index is 11.4. The minimum absolute atomic E-state index is 0.205. The highest BCUT2D eigenvalue weighted by Crippen LogP contribution is 2.18. The van der Waals surface area contributed by atoms with Crippen LogP contribution in [0.25, 0.3) is 10.4 Å². The van der Waals surface area contributed by atoms with Gasteiger partial charge in [-0.05, 0) is 17.9 Å². The van der Waals surface area contributed by atoms with E-state index >= 15 is 0 Å². The second kappa shape index (κ2) is 5.50. The number of hydrogen-bond acceptors (Lipinski definition) is 2. The topological polar surface area (TPSA) is 69.1 Å². The first-order valence-corrected chi connectivity index (χ1v) is 5.06. The number of nitrogens with zero attached hydrogens (tertiary/aromatic N) is 4. The molecule has 0 saturated carbocycles. The summed E-state index contributed by atoms with van der Waals surface area (Å²) < 4.78 is 0. The van der Waals surface area contributed by atoms with E-state index in [2.05, 4.69) is 16.9 Å². The van der Waals surface area contributed by atoms with Crippen LogP contribution in [0.3, 0.4) is 0 Å². The molecule has 1 heterocycles. The first kappa shape index (κ1) is 10.9. The monoisotopic (exact) mass is 196 g/mol. The van der Waals surface area contributed by atoms with Crippen molar-refractivity contribution < 1.29 is 4.79 Å². The van der Waals surface area contributed by atoms with Crippen LogP contribution in [0.1, 0.15) is 26.2 Å². The smallest absolute Gasteiger partial charge is 0.222 e. The van der Waals surface area contributed by atoms with E-state index in [-0.39, 0.29) is 11.8 Å². The van der Waals surface area contributed by atoms with Crippen molar-refractivity contribution in [1.29, 1.82) is 0 Å². The Balaban J connectivity index is 2.35. The van der Waals surface area contributed by atoms with Gasteiger partial charge in [-0.1, -0.05) is 18.5 Å². The minimum Gasteiger partial charge on any atom is -0.342 e. The van der Waals surface area contributed by atoms with Crippen LogP contribution in [0.4, 0.5) is 0 Å². The molecule has 0 bridgehead atoms. The zero-order chi connectivity index (χ0) is 10.4. The quantitative estimate of drug-likeness (QED) is 0.376. The van der Waals surface area contributed by atoms with Crippen molar-refractivity contribution in [3.63, 3.8) is 0 Å². The van der Waals surface area contributed by atoms with Crippen molar-refractivity contribution in [3.05, 3.63) is 10.4 Å². The van der Waals surface area contributed by atoms with Gasteiger partial charge < -0.3 is 4.90 Å². The first-order chi connectivity index (χ1) is 6.77. The predicted molar refractivity (Wildman–Crippen MR) is 53.6 cm³/mol. The molecule has 0 radical (unpaired) electrons. The van der Waals surface area contributed by atoms with Crippen LogP contribution in [-0.4, -0.2) is 30.4 Å². The first-order valence-electron chi connectivity index (χ1n) is 5.06. The number of hydrogen-bond donors (Lipinski definition) is 0. The fraction of sp³-hybridized carbons (Fsp3) is 0.889. The van der Waals surface area contributed by atoms with Gasteiger partial charge in [0.2, 0.25) is 5.91 Å². The number of carbonyl (C=O) groups is 1. The summed E-state index contributed by atoms with van der Waals surface area (Å²) in [5, 5.41) is 3.50. The average Bonchev–Trinajstić information content (AvgIpc) is 2.53. The molecule has 14 heavy (non-hydrogen) atoms. The average molecular weight is 196 g/mol. The Kier molecular flexibility index (Phi) is 4.26. The molecule has 0 N–H and O–H groups in total. The molecule has 1 fully saturated rings. The fourth-order valence-electron chi connectivity index (χ4n) is 1.69. The maximum atomic E-state index is 11.4. The zero-order valence-corrected chi connectivity index (χ0v) is 8.52. The van der Waals surface area contributed by atoms with Gasteiger partial charge in [0.25, 0.3) is 0 Å². The number of azide groups is 1. The fourth-order valence-corrected chi connectivity index (χ4v) is 1.69. The van der Waals surface area contributed by atoms with Gasteiger partial charge in [-0.15, -0.1) is 0 Å². The van der Waals surface area contributed by atoms with Crippen molar-refractivity contribution in [1.82, 2.24) is 4.90 Å². The Bertz CT molecular complexity index is 247. The molecule has 78 valence electrons. The van der Waals surface area contributed by atoms with E-state index in [9.17, 15) is 4.79 Å². The van der Waals surface area contributed by atoms with Gasteiger partial charge in [-0.3, -0.25) is 4.79 Å². The summed E-state index contributed by atoms with van der Waals surface area (Å²) in [6, 6.07) is 0. The Labute approximate surface area is 83.7 Å². The molecular weight excluding hydrogens is 180 g/mol. The third-order valence-electron chi connectivity index (χ3n) is 2.48. The summed E-state index contributed by atoms with van der Waals surface area (Å²) in [4.78, 5) is 16.0. The predicted octanol–water partition coefficient (Wildman–Crippen LogP) is 1.95. The maximum Gasteiger partial charge on any atom is 0.222 e. The highest BCUT2D eigenvalue weighted by Gasteiger charge is 2.28. The molecule has 1 aliphatic heterocycles. The van der Waals surface area contributed by atoms with Crippen LogP contribution in [-0.2, 0) is 4.79 Å². The van der Waals surface area contributed by atoms with Crippen molar-refractivity contribution in [3.8, 4) is 0 Å². The summed E-state index contributed by atoms with van der Waals surface area (Å²) in [6.45, 7) is 4.17. The molecule has 0 aliphatic carbocycles. The molecule has 0 aromatic heterocycles. The molecule has 1 unspecified atom stereocenters. The van der Waals surface area contributed by atoms with E-state index in [0.717, 1.165) is 25.9 Å². The lowest BCUT2D eigenvalue weighted by Crippen LogP contribution is -2.26. The van der Waals surface area contributed by atoms with E-state index in [1.165, 1.54) is 0 Å². The molecule has 1 saturated heterocycles. The van der Waals surface area contributed by atoms with Crippen LogP contribution < -0.4 is 0 Å². The lowest BCUT2D eigenvalue weighted by atomic mass is 10.1. The summed E-state index contributed by atoms with van der Waals surface area (Å²) in [5.74, 6) is 0.437. The van der Waals surface area contributed by atoms with Crippen LogP contribution >= 0.6 is 0 Å². The highest BCUT2D eigenvalue weighted by atomic mass is 16.2. The van der Waals surface area contributed by atoms with Crippen molar-refractivity contribution in [2.24, 2.45) is 11.0 Å². The zero-order valence-electron chi connectivity index (χ0n) is 8.52. The van der Waals surface area contributed by atoms with Gasteiger partial charge in [0.05, 0.1) is 0 Å². The van der Waals surface area contributed by atoms with Crippen molar-refractivity contribution in [2.75, 3.05) is 19.6 Å². The third-order valence-corrected chi connectivity index (χ3v) is 2.48. The molecule has 5 nitrogen and oxygen atoms in total. The standard InChI is InChI=1S/C9H16N4O/c1-2-3-4-13-7-8(5-9(13)14)6-11-12-10/h8H,2-7H2,1H3. The van der Waals surface area contributed by atoms with Crippen LogP contribution in [0.5, 0.6) is 0 Å². The lowest BCUT2D eigenvalue weighted by molar-refractivity contribution is -0.127. The second-order valence-electron chi connectivity index (χ2n) is 3.68. The molecular formula is C9H16N4O. The van der Waals surface area contributed by atoms with E-state index in [0.29, 0.717) is 13.0 Å². The number of likely N-dealkylation sites (tertiary alicyclic amines) is 1. The Morgan fingerprint density at radius 3 is 3.14 bits per heavy atom. The molecule has 1 amide bonds. The van der Waals surface area contributed by atoms with E-state index in [1.54, 1.807) is 0 Å². The van der Waals surface area contributed by atoms with E-state index in [1.807, 2.05) is 4.90 Å². The van der Waals surface area contributed by atoms with Crippen LogP contribution in [0.15, 0.2) is 5.11 Å². The molecule has 0 spiro atoms. The summed E-state index contributed by atoms with van der Waals surface area (Å²) in [6.07, 6.45) is 2.70.